The molecular weight excluding hydrogens is 326 g/mol. The maximum Gasteiger partial charge on any atom is 0.249 e. The van der Waals surface area contributed by atoms with Gasteiger partial charge < -0.3 is 9.32 Å². The van der Waals surface area contributed by atoms with Gasteiger partial charge in [-0.2, -0.15) is 5.10 Å². The summed E-state index contributed by atoms with van der Waals surface area (Å²) in [5.74, 6) is 0.854. The van der Waals surface area contributed by atoms with Gasteiger partial charge in [-0.3, -0.25) is 4.79 Å². The first-order chi connectivity index (χ1) is 12.6. The number of benzene rings is 1. The van der Waals surface area contributed by atoms with E-state index in [1.54, 1.807) is 11.3 Å². The molecule has 138 valence electrons. The summed E-state index contributed by atoms with van der Waals surface area (Å²) in [4.78, 5) is 14.3. The standard InChI is InChI=1S/C21H27N3O2/c1-4-23(5-2)13-12-21(25)24-19(20-7-6-14-26-20)15-18(22-24)17-10-8-16(3)9-11-17/h6-11,14,19H,4-5,12-13,15H2,1-3H3/p+1/t19-/m1/s1. The van der Waals surface area contributed by atoms with Crippen LogP contribution in [-0.4, -0.2) is 36.3 Å². The fourth-order valence-corrected chi connectivity index (χ4v) is 3.37. The monoisotopic (exact) mass is 354 g/mol. The molecule has 1 amide bonds. The molecule has 5 heteroatoms. The van der Waals surface area contributed by atoms with Crippen LogP contribution in [0.3, 0.4) is 0 Å². The highest BCUT2D eigenvalue weighted by Gasteiger charge is 2.34. The van der Waals surface area contributed by atoms with E-state index in [9.17, 15) is 4.79 Å². The maximum absolute atomic E-state index is 12.9. The molecule has 0 fully saturated rings. The normalized spacial score (nSPS) is 17.0. The molecule has 26 heavy (non-hydrogen) atoms. The number of carbonyl (C=O) groups is 1. The number of aryl methyl sites for hydroxylation is 1. The second-order valence-electron chi connectivity index (χ2n) is 6.84. The van der Waals surface area contributed by atoms with Gasteiger partial charge in [0.25, 0.3) is 0 Å². The van der Waals surface area contributed by atoms with Gasteiger partial charge in [0.15, 0.2) is 0 Å². The largest absolute Gasteiger partial charge is 0.467 e. The molecule has 1 aromatic carbocycles. The number of hydrogen-bond acceptors (Lipinski definition) is 3. The van der Waals surface area contributed by atoms with Crippen molar-refractivity contribution in [3.8, 4) is 0 Å². The number of quaternary nitrogens is 1. The predicted molar refractivity (Wildman–Crippen MR) is 102 cm³/mol. The lowest BCUT2D eigenvalue weighted by Crippen LogP contribution is -3.11. The molecule has 0 saturated heterocycles. The quantitative estimate of drug-likeness (QED) is 0.831. The smallest absolute Gasteiger partial charge is 0.249 e. The molecule has 0 aliphatic carbocycles. The number of hydrazone groups is 1. The van der Waals surface area contributed by atoms with Crippen LogP contribution in [0.15, 0.2) is 52.2 Å². The van der Waals surface area contributed by atoms with Crippen LogP contribution < -0.4 is 4.90 Å². The summed E-state index contributed by atoms with van der Waals surface area (Å²) in [6.07, 6.45) is 2.83. The Morgan fingerprint density at radius 1 is 1.23 bits per heavy atom. The summed E-state index contributed by atoms with van der Waals surface area (Å²) in [5.41, 5.74) is 3.22. The Balaban J connectivity index is 1.80. The van der Waals surface area contributed by atoms with E-state index in [0.717, 1.165) is 36.7 Å². The second-order valence-corrected chi connectivity index (χ2v) is 6.84. The van der Waals surface area contributed by atoms with Crippen LogP contribution in [0.25, 0.3) is 0 Å². The van der Waals surface area contributed by atoms with Gasteiger partial charge in [0.1, 0.15) is 11.8 Å². The molecule has 1 atom stereocenters. The van der Waals surface area contributed by atoms with Gasteiger partial charge in [0.05, 0.1) is 38.0 Å². The van der Waals surface area contributed by atoms with Gasteiger partial charge in [-0.05, 0) is 38.5 Å². The summed E-state index contributed by atoms with van der Waals surface area (Å²) < 4.78 is 5.60. The van der Waals surface area contributed by atoms with Gasteiger partial charge in [0.2, 0.25) is 5.91 Å². The summed E-state index contributed by atoms with van der Waals surface area (Å²) in [6.45, 7) is 9.27. The van der Waals surface area contributed by atoms with E-state index >= 15 is 0 Å². The van der Waals surface area contributed by atoms with Crippen molar-refractivity contribution in [3.63, 3.8) is 0 Å². The van der Waals surface area contributed by atoms with Gasteiger partial charge in [0, 0.05) is 6.42 Å². The first kappa shape index (κ1) is 18.4. The van der Waals surface area contributed by atoms with Crippen LogP contribution in [0.5, 0.6) is 0 Å². The Bertz CT molecular complexity index is 746. The van der Waals surface area contributed by atoms with E-state index in [0.29, 0.717) is 12.8 Å². The fourth-order valence-electron chi connectivity index (χ4n) is 3.37. The number of hydrogen-bond donors (Lipinski definition) is 1. The molecule has 0 unspecified atom stereocenters. The molecule has 0 bridgehead atoms. The number of rotatable bonds is 7. The molecular formula is C21H28N3O2+. The van der Waals surface area contributed by atoms with Crippen molar-refractivity contribution in [1.82, 2.24) is 5.01 Å². The number of carbonyl (C=O) groups excluding carboxylic acids is 1. The maximum atomic E-state index is 12.9. The Labute approximate surface area is 155 Å². The summed E-state index contributed by atoms with van der Waals surface area (Å²) in [7, 11) is 0. The minimum Gasteiger partial charge on any atom is -0.467 e. The highest BCUT2D eigenvalue weighted by Crippen LogP contribution is 2.33. The molecule has 1 aromatic heterocycles. The molecule has 0 saturated carbocycles. The molecule has 3 rings (SSSR count). The molecule has 5 nitrogen and oxygen atoms in total. The van der Waals surface area contributed by atoms with Crippen molar-refractivity contribution in [3.05, 3.63) is 59.5 Å². The van der Waals surface area contributed by atoms with Crippen molar-refractivity contribution in [2.45, 2.75) is 39.7 Å². The van der Waals surface area contributed by atoms with Crippen molar-refractivity contribution in [1.29, 1.82) is 0 Å². The average molecular weight is 354 g/mol. The molecule has 1 N–H and O–H groups in total. The number of nitrogens with one attached hydrogen (secondary N) is 1. The lowest BCUT2D eigenvalue weighted by atomic mass is 10.0. The van der Waals surface area contributed by atoms with Crippen LogP contribution >= 0.6 is 0 Å². The Morgan fingerprint density at radius 3 is 2.58 bits per heavy atom. The Kier molecular flexibility index (Phi) is 5.89. The van der Waals surface area contributed by atoms with Crippen molar-refractivity contribution in [2.24, 2.45) is 5.10 Å². The van der Waals surface area contributed by atoms with Gasteiger partial charge >= 0.3 is 0 Å². The van der Waals surface area contributed by atoms with Gasteiger partial charge in [-0.25, -0.2) is 5.01 Å². The lowest BCUT2D eigenvalue weighted by Gasteiger charge is -2.21. The number of amides is 1. The third kappa shape index (κ3) is 4.05. The molecule has 1 aliphatic heterocycles. The zero-order valence-electron chi connectivity index (χ0n) is 15.9. The Hall–Kier alpha value is -2.40. The third-order valence-corrected chi connectivity index (χ3v) is 5.11. The number of furan rings is 1. The third-order valence-electron chi connectivity index (χ3n) is 5.11. The van der Waals surface area contributed by atoms with Gasteiger partial charge in [-0.15, -0.1) is 0 Å². The highest BCUT2D eigenvalue weighted by atomic mass is 16.3. The van der Waals surface area contributed by atoms with Crippen LogP contribution in [0, 0.1) is 6.92 Å². The molecule has 0 radical (unpaired) electrons. The van der Waals surface area contributed by atoms with Crippen molar-refractivity contribution >= 4 is 11.6 Å². The van der Waals surface area contributed by atoms with Crippen molar-refractivity contribution < 1.29 is 14.1 Å². The highest BCUT2D eigenvalue weighted by molar-refractivity contribution is 6.03. The van der Waals surface area contributed by atoms with E-state index in [1.165, 1.54) is 10.5 Å². The topological polar surface area (TPSA) is 50.2 Å². The molecule has 2 aromatic rings. The SMILES string of the molecule is CC[NH+](CC)CCC(=O)N1N=C(c2ccc(C)cc2)C[C@@H]1c1ccco1. The average Bonchev–Trinajstić information content (AvgIpc) is 3.32. The molecule has 1 aliphatic rings. The first-order valence-electron chi connectivity index (χ1n) is 9.45. The zero-order valence-corrected chi connectivity index (χ0v) is 15.9. The molecule has 0 spiro atoms. The minimum atomic E-state index is -0.152. The van der Waals surface area contributed by atoms with E-state index in [2.05, 4.69) is 50.1 Å². The summed E-state index contributed by atoms with van der Waals surface area (Å²) in [5, 5.41) is 6.32. The second kappa shape index (κ2) is 8.32. The van der Waals surface area contributed by atoms with Crippen LogP contribution in [-0.2, 0) is 4.79 Å². The summed E-state index contributed by atoms with van der Waals surface area (Å²) >= 11 is 0. The minimum absolute atomic E-state index is 0.0629. The zero-order chi connectivity index (χ0) is 18.5. The number of nitrogens with zero attached hydrogens (tertiary/aromatic N) is 2. The Morgan fingerprint density at radius 2 is 1.96 bits per heavy atom. The summed E-state index contributed by atoms with van der Waals surface area (Å²) in [6, 6.07) is 11.9. The van der Waals surface area contributed by atoms with Crippen LogP contribution in [0.1, 0.15) is 49.6 Å². The van der Waals surface area contributed by atoms with E-state index in [1.807, 2.05) is 12.1 Å². The fraction of sp³-hybridized carbons (Fsp3) is 0.429. The van der Waals surface area contributed by atoms with E-state index < -0.39 is 0 Å². The van der Waals surface area contributed by atoms with E-state index in [-0.39, 0.29) is 11.9 Å². The first-order valence-corrected chi connectivity index (χ1v) is 9.45. The predicted octanol–water partition coefficient (Wildman–Crippen LogP) is 2.58. The van der Waals surface area contributed by atoms with Crippen molar-refractivity contribution in [2.75, 3.05) is 19.6 Å². The van der Waals surface area contributed by atoms with Crippen LogP contribution in [0.4, 0.5) is 0 Å². The van der Waals surface area contributed by atoms with Crippen LogP contribution in [0.2, 0.25) is 0 Å². The van der Waals surface area contributed by atoms with E-state index in [4.69, 9.17) is 4.42 Å². The lowest BCUT2D eigenvalue weighted by molar-refractivity contribution is -0.895. The van der Waals surface area contributed by atoms with Gasteiger partial charge in [-0.1, -0.05) is 29.8 Å². The molecule has 2 heterocycles.